The van der Waals surface area contributed by atoms with Crippen LogP contribution in [0.1, 0.15) is 5.56 Å². The minimum atomic E-state index is 0.730. The van der Waals surface area contributed by atoms with Crippen molar-refractivity contribution in [2.45, 2.75) is 6.92 Å². The first-order valence-electron chi connectivity index (χ1n) is 5.55. The lowest BCUT2D eigenvalue weighted by atomic mass is 10.1. The summed E-state index contributed by atoms with van der Waals surface area (Å²) in [5.41, 5.74) is 3.32. The topological polar surface area (TPSA) is 3.24 Å². The number of rotatable bonds is 3. The zero-order valence-corrected chi connectivity index (χ0v) is 12.4. The van der Waals surface area contributed by atoms with Crippen LogP contribution in [0.5, 0.6) is 0 Å². The van der Waals surface area contributed by atoms with E-state index in [1.165, 1.54) is 5.56 Å². The first kappa shape index (κ1) is 13.2. The van der Waals surface area contributed by atoms with Crippen molar-refractivity contribution in [3.63, 3.8) is 0 Å². The van der Waals surface area contributed by atoms with Gasteiger partial charge in [-0.1, -0.05) is 40.2 Å². The van der Waals surface area contributed by atoms with Crippen molar-refractivity contribution >= 4 is 38.9 Å². The van der Waals surface area contributed by atoms with Gasteiger partial charge >= 0.3 is 0 Å². The van der Waals surface area contributed by atoms with Gasteiger partial charge in [0.2, 0.25) is 0 Å². The molecule has 2 rings (SSSR count). The second-order valence-corrected chi connectivity index (χ2v) is 5.31. The first-order valence-corrected chi connectivity index (χ1v) is 6.72. The van der Waals surface area contributed by atoms with Crippen LogP contribution < -0.4 is 4.90 Å². The van der Waals surface area contributed by atoms with Gasteiger partial charge in [0.15, 0.2) is 0 Å². The van der Waals surface area contributed by atoms with Gasteiger partial charge < -0.3 is 4.90 Å². The molecule has 0 amide bonds. The summed E-state index contributed by atoms with van der Waals surface area (Å²) < 4.78 is 1.05. The Bertz CT molecular complexity index is 563. The van der Waals surface area contributed by atoms with Crippen LogP contribution in [0.4, 0.5) is 11.4 Å². The molecule has 0 unspecified atom stereocenters. The third-order valence-corrected chi connectivity index (χ3v) is 3.46. The Balaban J connectivity index is 2.48. The molecule has 0 N–H and O–H groups in total. The maximum atomic E-state index is 5.91. The van der Waals surface area contributed by atoms with Gasteiger partial charge in [-0.05, 0) is 48.9 Å². The number of hydrogen-bond donors (Lipinski definition) is 0. The molecule has 18 heavy (non-hydrogen) atoms. The molecule has 0 saturated carbocycles. The molecule has 0 radical (unpaired) electrons. The first-order chi connectivity index (χ1) is 8.61. The van der Waals surface area contributed by atoms with E-state index in [1.807, 2.05) is 35.2 Å². The number of nitrogens with zero attached hydrogens (tertiary/aromatic N) is 1. The molecule has 0 aliphatic heterocycles. The summed E-state index contributed by atoms with van der Waals surface area (Å²) in [6.45, 7) is 5.96. The van der Waals surface area contributed by atoms with Crippen molar-refractivity contribution in [1.29, 1.82) is 0 Å². The van der Waals surface area contributed by atoms with E-state index in [4.69, 9.17) is 11.6 Å². The predicted molar refractivity (Wildman–Crippen MR) is 82.7 cm³/mol. The van der Waals surface area contributed by atoms with Gasteiger partial charge in [0.25, 0.3) is 0 Å². The van der Waals surface area contributed by atoms with Crippen LogP contribution >= 0.6 is 27.5 Å². The van der Waals surface area contributed by atoms with E-state index in [0.29, 0.717) is 0 Å². The fraction of sp³-hybridized carbons (Fsp3) is 0.0667. The van der Waals surface area contributed by atoms with Crippen LogP contribution in [0.15, 0.2) is 59.7 Å². The molecule has 0 aliphatic carbocycles. The SMILES string of the molecule is C=CN(c1ccc(Cl)cc1)c1cc(Br)ccc1C. The van der Waals surface area contributed by atoms with E-state index >= 15 is 0 Å². The fourth-order valence-electron chi connectivity index (χ4n) is 1.79. The van der Waals surface area contributed by atoms with Gasteiger partial charge in [-0.2, -0.15) is 0 Å². The van der Waals surface area contributed by atoms with E-state index in [-0.39, 0.29) is 0 Å². The van der Waals surface area contributed by atoms with E-state index in [1.54, 1.807) is 6.20 Å². The molecule has 1 nitrogen and oxygen atoms in total. The number of halogens is 2. The zero-order chi connectivity index (χ0) is 13.1. The van der Waals surface area contributed by atoms with Crippen molar-refractivity contribution in [3.8, 4) is 0 Å². The van der Waals surface area contributed by atoms with Gasteiger partial charge in [0.1, 0.15) is 0 Å². The minimum absolute atomic E-state index is 0.730. The minimum Gasteiger partial charge on any atom is -0.317 e. The highest BCUT2D eigenvalue weighted by Gasteiger charge is 2.09. The third-order valence-electron chi connectivity index (χ3n) is 2.72. The van der Waals surface area contributed by atoms with Gasteiger partial charge in [-0.15, -0.1) is 0 Å². The highest BCUT2D eigenvalue weighted by molar-refractivity contribution is 9.10. The van der Waals surface area contributed by atoms with Gasteiger partial charge in [-0.3, -0.25) is 0 Å². The molecule has 0 heterocycles. The summed E-state index contributed by atoms with van der Waals surface area (Å²) in [6, 6.07) is 13.9. The third kappa shape index (κ3) is 2.77. The van der Waals surface area contributed by atoms with Crippen LogP contribution in [0.2, 0.25) is 5.02 Å². The van der Waals surface area contributed by atoms with Crippen LogP contribution in [-0.2, 0) is 0 Å². The Kier molecular flexibility index (Phi) is 4.10. The molecule has 0 aliphatic rings. The van der Waals surface area contributed by atoms with Crippen molar-refractivity contribution < 1.29 is 0 Å². The number of aryl methyl sites for hydroxylation is 1. The maximum Gasteiger partial charge on any atom is 0.0495 e. The Hall–Kier alpha value is -1.25. The fourth-order valence-corrected chi connectivity index (χ4v) is 2.26. The van der Waals surface area contributed by atoms with Crippen molar-refractivity contribution in [2.24, 2.45) is 0 Å². The van der Waals surface area contributed by atoms with E-state index in [0.717, 1.165) is 20.9 Å². The Labute approximate surface area is 121 Å². The Morgan fingerprint density at radius 2 is 1.83 bits per heavy atom. The lowest BCUT2D eigenvalue weighted by Gasteiger charge is -2.22. The van der Waals surface area contributed by atoms with Crippen molar-refractivity contribution in [3.05, 3.63) is 70.3 Å². The Morgan fingerprint density at radius 1 is 1.17 bits per heavy atom. The summed E-state index contributed by atoms with van der Waals surface area (Å²) in [4.78, 5) is 2.04. The highest BCUT2D eigenvalue weighted by atomic mass is 79.9. The average molecular weight is 323 g/mol. The molecule has 3 heteroatoms. The van der Waals surface area contributed by atoms with E-state index < -0.39 is 0 Å². The predicted octanol–water partition coefficient (Wildman–Crippen LogP) is 5.69. The largest absolute Gasteiger partial charge is 0.317 e. The quantitative estimate of drug-likeness (QED) is 0.701. The molecular formula is C15H13BrClN. The van der Waals surface area contributed by atoms with Gasteiger partial charge in [0, 0.05) is 27.1 Å². The molecule has 2 aromatic rings. The van der Waals surface area contributed by atoms with Crippen molar-refractivity contribution in [2.75, 3.05) is 4.90 Å². The zero-order valence-electron chi connectivity index (χ0n) is 10.0. The maximum absolute atomic E-state index is 5.91. The average Bonchev–Trinajstić information content (AvgIpc) is 2.37. The molecule has 0 spiro atoms. The molecule has 0 bridgehead atoms. The standard InChI is InChI=1S/C15H13BrClN/c1-3-18(14-8-6-13(17)7-9-14)15-10-12(16)5-4-11(15)2/h3-10H,1H2,2H3. The van der Waals surface area contributed by atoms with Gasteiger partial charge in [-0.25, -0.2) is 0 Å². The second-order valence-electron chi connectivity index (χ2n) is 3.96. The smallest absolute Gasteiger partial charge is 0.0495 e. The summed E-state index contributed by atoms with van der Waals surface area (Å²) in [6.07, 6.45) is 1.80. The summed E-state index contributed by atoms with van der Waals surface area (Å²) in [7, 11) is 0. The number of benzene rings is 2. The van der Waals surface area contributed by atoms with Gasteiger partial charge in [0.05, 0.1) is 0 Å². The van der Waals surface area contributed by atoms with E-state index in [9.17, 15) is 0 Å². The summed E-state index contributed by atoms with van der Waals surface area (Å²) in [5, 5.41) is 0.730. The molecule has 0 atom stereocenters. The monoisotopic (exact) mass is 321 g/mol. The molecule has 0 saturated heterocycles. The van der Waals surface area contributed by atoms with Crippen molar-refractivity contribution in [1.82, 2.24) is 0 Å². The Morgan fingerprint density at radius 3 is 2.44 bits per heavy atom. The molecular weight excluding hydrogens is 310 g/mol. The summed E-state index contributed by atoms with van der Waals surface area (Å²) >= 11 is 9.41. The van der Waals surface area contributed by atoms with Crippen LogP contribution in [-0.4, -0.2) is 0 Å². The van der Waals surface area contributed by atoms with Crippen LogP contribution in [0.3, 0.4) is 0 Å². The summed E-state index contributed by atoms with van der Waals surface area (Å²) in [5.74, 6) is 0. The molecule has 92 valence electrons. The second kappa shape index (κ2) is 5.59. The van der Waals surface area contributed by atoms with Crippen LogP contribution in [0, 0.1) is 6.92 Å². The molecule has 0 aromatic heterocycles. The normalized spacial score (nSPS) is 10.2. The molecule has 0 fully saturated rings. The lowest BCUT2D eigenvalue weighted by molar-refractivity contribution is 1.25. The highest BCUT2D eigenvalue weighted by Crippen LogP contribution is 2.31. The van der Waals surface area contributed by atoms with E-state index in [2.05, 4.69) is 41.6 Å². The lowest BCUT2D eigenvalue weighted by Crippen LogP contribution is -2.09. The van der Waals surface area contributed by atoms with Crippen LogP contribution in [0.25, 0.3) is 0 Å². The number of anilines is 2. The number of hydrogen-bond acceptors (Lipinski definition) is 1. The molecule has 2 aromatic carbocycles.